The van der Waals surface area contributed by atoms with E-state index in [0.717, 1.165) is 25.3 Å². The number of carbonyl (C=O) groups is 1. The first-order valence-electron chi connectivity index (χ1n) is 6.24. The van der Waals surface area contributed by atoms with Gasteiger partial charge in [0, 0.05) is 31.9 Å². The summed E-state index contributed by atoms with van der Waals surface area (Å²) in [6.45, 7) is 4.24. The molecule has 0 N–H and O–H groups in total. The summed E-state index contributed by atoms with van der Waals surface area (Å²) in [4.78, 5) is 13.9. The van der Waals surface area contributed by atoms with Crippen molar-refractivity contribution in [2.24, 2.45) is 5.92 Å². The first kappa shape index (κ1) is 12.1. The molecule has 0 aromatic heterocycles. The lowest BCUT2D eigenvalue weighted by molar-refractivity contribution is -0.121. The Kier molecular flexibility index (Phi) is 4.15. The van der Waals surface area contributed by atoms with E-state index >= 15 is 0 Å². The Balaban J connectivity index is 1.95. The fourth-order valence-corrected chi connectivity index (χ4v) is 2.20. The van der Waals surface area contributed by atoms with Gasteiger partial charge in [0.15, 0.2) is 0 Å². The molecule has 1 atom stereocenters. The van der Waals surface area contributed by atoms with Gasteiger partial charge in [0.25, 0.3) is 0 Å². The molecule has 0 bridgehead atoms. The Morgan fingerprint density at radius 2 is 2.12 bits per heavy atom. The maximum atomic E-state index is 12.0. The molecule has 2 rings (SSSR count). The van der Waals surface area contributed by atoms with Gasteiger partial charge < -0.3 is 9.64 Å². The normalized spacial score (nSPS) is 20.6. The second-order valence-electron chi connectivity index (χ2n) is 4.40. The van der Waals surface area contributed by atoms with Gasteiger partial charge >= 0.3 is 0 Å². The molecule has 17 heavy (non-hydrogen) atoms. The number of piperidine rings is 1. The van der Waals surface area contributed by atoms with Crippen LogP contribution in [0.2, 0.25) is 0 Å². The third-order valence-electron chi connectivity index (χ3n) is 3.15. The van der Waals surface area contributed by atoms with Crippen LogP contribution in [0.15, 0.2) is 30.3 Å². The summed E-state index contributed by atoms with van der Waals surface area (Å²) in [7, 11) is 0. The summed E-state index contributed by atoms with van der Waals surface area (Å²) in [5, 5.41) is 0. The van der Waals surface area contributed by atoms with Gasteiger partial charge in [-0.15, -0.1) is 0 Å². The number of benzene rings is 1. The lowest BCUT2D eigenvalue weighted by atomic mass is 9.96. The fraction of sp³-hybridized carbons (Fsp3) is 0.500. The lowest BCUT2D eigenvalue weighted by Gasteiger charge is -2.31. The topological polar surface area (TPSA) is 29.5 Å². The van der Waals surface area contributed by atoms with Crippen LogP contribution < -0.4 is 4.90 Å². The molecule has 3 heteroatoms. The van der Waals surface area contributed by atoms with Crippen LogP contribution in [0.5, 0.6) is 0 Å². The summed E-state index contributed by atoms with van der Waals surface area (Å²) >= 11 is 0. The maximum Gasteiger partial charge on any atom is 0.227 e. The highest BCUT2D eigenvalue weighted by atomic mass is 16.5. The quantitative estimate of drug-likeness (QED) is 0.799. The minimum Gasteiger partial charge on any atom is -0.381 e. The molecule has 1 fully saturated rings. The number of carbonyl (C=O) groups excluding carboxylic acids is 1. The number of anilines is 1. The standard InChI is InChI=1S/C14H19NO2/c1-2-17-11-12-8-9-15(14(16)10-12)13-6-4-3-5-7-13/h3-7,12H,2,8-11H2,1H3. The Hall–Kier alpha value is -1.35. The molecule has 1 aliphatic rings. The van der Waals surface area contributed by atoms with Crippen molar-refractivity contribution < 1.29 is 9.53 Å². The Morgan fingerprint density at radius 1 is 1.35 bits per heavy atom. The molecule has 0 saturated carbocycles. The van der Waals surface area contributed by atoms with Crippen molar-refractivity contribution in [2.45, 2.75) is 19.8 Å². The average molecular weight is 233 g/mol. The number of rotatable bonds is 4. The third-order valence-corrected chi connectivity index (χ3v) is 3.15. The highest BCUT2D eigenvalue weighted by Crippen LogP contribution is 2.24. The molecular formula is C14H19NO2. The van der Waals surface area contributed by atoms with Gasteiger partial charge in [-0.2, -0.15) is 0 Å². The molecule has 1 aromatic rings. The number of hydrogen-bond acceptors (Lipinski definition) is 2. The van der Waals surface area contributed by atoms with Crippen LogP contribution in [0.1, 0.15) is 19.8 Å². The van der Waals surface area contributed by atoms with E-state index in [1.807, 2.05) is 42.2 Å². The molecule has 0 spiro atoms. The van der Waals surface area contributed by atoms with Crippen molar-refractivity contribution in [3.8, 4) is 0 Å². The van der Waals surface area contributed by atoms with Crippen molar-refractivity contribution in [3.05, 3.63) is 30.3 Å². The van der Waals surface area contributed by atoms with Gasteiger partial charge in [0.05, 0.1) is 0 Å². The zero-order chi connectivity index (χ0) is 12.1. The first-order chi connectivity index (χ1) is 8.31. The minimum atomic E-state index is 0.215. The van der Waals surface area contributed by atoms with Gasteiger partial charge in [-0.05, 0) is 31.4 Å². The van der Waals surface area contributed by atoms with E-state index in [2.05, 4.69) is 0 Å². The van der Waals surface area contributed by atoms with E-state index in [-0.39, 0.29) is 5.91 Å². The number of para-hydroxylation sites is 1. The molecule has 0 aliphatic carbocycles. The molecule has 1 amide bonds. The monoisotopic (exact) mass is 233 g/mol. The van der Waals surface area contributed by atoms with Crippen LogP contribution in [0, 0.1) is 5.92 Å². The lowest BCUT2D eigenvalue weighted by Crippen LogP contribution is -2.40. The van der Waals surface area contributed by atoms with E-state index in [4.69, 9.17) is 4.74 Å². The Bertz CT molecular complexity index is 364. The molecule has 1 saturated heterocycles. The van der Waals surface area contributed by atoms with E-state index in [9.17, 15) is 4.79 Å². The minimum absolute atomic E-state index is 0.215. The predicted octanol–water partition coefficient (Wildman–Crippen LogP) is 2.47. The first-order valence-corrected chi connectivity index (χ1v) is 6.24. The summed E-state index contributed by atoms with van der Waals surface area (Å²) in [6.07, 6.45) is 1.63. The van der Waals surface area contributed by atoms with Gasteiger partial charge in [0.2, 0.25) is 5.91 Å². The second-order valence-corrected chi connectivity index (χ2v) is 4.40. The van der Waals surface area contributed by atoms with Gasteiger partial charge in [0.1, 0.15) is 0 Å². The van der Waals surface area contributed by atoms with E-state index in [1.165, 1.54) is 0 Å². The van der Waals surface area contributed by atoms with E-state index in [1.54, 1.807) is 0 Å². The summed E-state index contributed by atoms with van der Waals surface area (Å²) in [5.74, 6) is 0.606. The molecule has 1 aromatic carbocycles. The zero-order valence-corrected chi connectivity index (χ0v) is 10.3. The van der Waals surface area contributed by atoms with Gasteiger partial charge in [-0.1, -0.05) is 18.2 Å². The SMILES string of the molecule is CCOCC1CCN(c2ccccc2)C(=O)C1. The van der Waals surface area contributed by atoms with Crippen LogP contribution in [0.3, 0.4) is 0 Å². The van der Waals surface area contributed by atoms with Gasteiger partial charge in [-0.25, -0.2) is 0 Å². The van der Waals surface area contributed by atoms with Crippen LogP contribution in [-0.2, 0) is 9.53 Å². The highest BCUT2D eigenvalue weighted by molar-refractivity contribution is 5.94. The van der Waals surface area contributed by atoms with Gasteiger partial charge in [-0.3, -0.25) is 4.79 Å². The summed E-state index contributed by atoms with van der Waals surface area (Å²) in [5.41, 5.74) is 1.01. The average Bonchev–Trinajstić information content (AvgIpc) is 2.37. The molecule has 0 radical (unpaired) electrons. The number of hydrogen-bond donors (Lipinski definition) is 0. The molecule has 1 unspecified atom stereocenters. The molecule has 1 aliphatic heterocycles. The molecule has 3 nitrogen and oxygen atoms in total. The second kappa shape index (κ2) is 5.82. The zero-order valence-electron chi connectivity index (χ0n) is 10.3. The smallest absolute Gasteiger partial charge is 0.227 e. The van der Waals surface area contributed by atoms with Crippen molar-refractivity contribution in [1.82, 2.24) is 0 Å². The fourth-order valence-electron chi connectivity index (χ4n) is 2.20. The molecule has 1 heterocycles. The molecular weight excluding hydrogens is 214 g/mol. The van der Waals surface area contributed by atoms with Crippen LogP contribution >= 0.6 is 0 Å². The van der Waals surface area contributed by atoms with Crippen molar-refractivity contribution in [3.63, 3.8) is 0 Å². The number of ether oxygens (including phenoxy) is 1. The predicted molar refractivity (Wildman–Crippen MR) is 68.0 cm³/mol. The third kappa shape index (κ3) is 3.07. The summed E-state index contributed by atoms with van der Waals surface area (Å²) in [6, 6.07) is 9.88. The number of nitrogens with zero attached hydrogens (tertiary/aromatic N) is 1. The maximum absolute atomic E-state index is 12.0. The van der Waals surface area contributed by atoms with Crippen LogP contribution in [0.25, 0.3) is 0 Å². The van der Waals surface area contributed by atoms with E-state index in [0.29, 0.717) is 18.9 Å². The van der Waals surface area contributed by atoms with Crippen molar-refractivity contribution in [2.75, 3.05) is 24.7 Å². The largest absolute Gasteiger partial charge is 0.381 e. The Labute approximate surface area is 102 Å². The highest BCUT2D eigenvalue weighted by Gasteiger charge is 2.26. The van der Waals surface area contributed by atoms with Crippen LogP contribution in [0.4, 0.5) is 5.69 Å². The molecule has 92 valence electrons. The summed E-state index contributed by atoms with van der Waals surface area (Å²) < 4.78 is 5.39. The van der Waals surface area contributed by atoms with Crippen molar-refractivity contribution in [1.29, 1.82) is 0 Å². The van der Waals surface area contributed by atoms with Crippen LogP contribution in [-0.4, -0.2) is 25.7 Å². The van der Waals surface area contributed by atoms with Crippen molar-refractivity contribution >= 4 is 11.6 Å². The number of amides is 1. The Morgan fingerprint density at radius 3 is 2.76 bits per heavy atom. The van der Waals surface area contributed by atoms with E-state index < -0.39 is 0 Å².